The molecule has 0 radical (unpaired) electrons. The van der Waals surface area contributed by atoms with Crippen molar-refractivity contribution in [2.45, 2.75) is 20.3 Å². The molecule has 1 amide bonds. The Balaban J connectivity index is 2.92. The number of amides is 1. The number of hydrogen-bond donors (Lipinski definition) is 2. The lowest BCUT2D eigenvalue weighted by molar-refractivity contribution is -0.383. The van der Waals surface area contributed by atoms with Crippen molar-refractivity contribution in [3.05, 3.63) is 33.3 Å². The first-order valence-electron chi connectivity index (χ1n) is 6.30. The monoisotopic (exact) mass is 299 g/mol. The fraction of sp³-hybridized carbons (Fsp3) is 0.462. The molecule has 1 atom stereocenters. The van der Waals surface area contributed by atoms with Crippen LogP contribution in [0.4, 0.5) is 11.4 Å². The molecule has 0 saturated carbocycles. The van der Waals surface area contributed by atoms with Crippen molar-refractivity contribution in [1.82, 2.24) is 0 Å². The lowest BCUT2D eigenvalue weighted by Crippen LogP contribution is -2.30. The Hall–Kier alpha value is -1.66. The van der Waals surface area contributed by atoms with E-state index in [1.165, 1.54) is 18.2 Å². The number of rotatable bonds is 6. The highest BCUT2D eigenvalue weighted by molar-refractivity contribution is 6.31. The summed E-state index contributed by atoms with van der Waals surface area (Å²) in [4.78, 5) is 22.5. The third-order valence-electron chi connectivity index (χ3n) is 2.83. The van der Waals surface area contributed by atoms with Gasteiger partial charge in [0.05, 0.1) is 10.8 Å². The summed E-state index contributed by atoms with van der Waals surface area (Å²) in [6.45, 7) is 4.17. The van der Waals surface area contributed by atoms with Gasteiger partial charge in [-0.2, -0.15) is 0 Å². The summed E-state index contributed by atoms with van der Waals surface area (Å²) in [7, 11) is 0. The molecule has 1 aromatic rings. The maximum absolute atomic E-state index is 12.1. The van der Waals surface area contributed by atoms with E-state index in [2.05, 4.69) is 5.32 Å². The van der Waals surface area contributed by atoms with Crippen LogP contribution in [0.25, 0.3) is 0 Å². The van der Waals surface area contributed by atoms with Crippen LogP contribution >= 0.6 is 11.6 Å². The molecule has 7 heteroatoms. The van der Waals surface area contributed by atoms with Gasteiger partial charge in [0.15, 0.2) is 0 Å². The van der Waals surface area contributed by atoms with E-state index in [-0.39, 0.29) is 34.8 Å². The SMILES string of the molecule is CC(C)CC(CN)C(=O)Nc1ccc(Cl)cc1[N+](=O)[O-]. The first kappa shape index (κ1) is 16.4. The Kier molecular flexibility index (Phi) is 5.91. The Labute approximate surface area is 122 Å². The van der Waals surface area contributed by atoms with Crippen LogP contribution < -0.4 is 11.1 Å². The Morgan fingerprint density at radius 2 is 2.15 bits per heavy atom. The number of carbonyl (C=O) groups is 1. The van der Waals surface area contributed by atoms with E-state index in [9.17, 15) is 14.9 Å². The molecule has 0 aromatic heterocycles. The van der Waals surface area contributed by atoms with E-state index in [4.69, 9.17) is 17.3 Å². The zero-order valence-electron chi connectivity index (χ0n) is 11.4. The molecular formula is C13H18ClN3O3. The van der Waals surface area contributed by atoms with Crippen LogP contribution in [-0.2, 0) is 4.79 Å². The van der Waals surface area contributed by atoms with Gasteiger partial charge in [0.25, 0.3) is 5.69 Å². The van der Waals surface area contributed by atoms with E-state index in [1.807, 2.05) is 13.8 Å². The molecule has 20 heavy (non-hydrogen) atoms. The first-order valence-corrected chi connectivity index (χ1v) is 6.67. The molecule has 1 unspecified atom stereocenters. The standard InChI is InChI=1S/C13H18ClN3O3/c1-8(2)5-9(7-15)13(18)16-11-4-3-10(14)6-12(11)17(19)20/h3-4,6,8-9H,5,7,15H2,1-2H3,(H,16,18). The van der Waals surface area contributed by atoms with Crippen LogP contribution in [0.2, 0.25) is 5.02 Å². The van der Waals surface area contributed by atoms with Gasteiger partial charge in [-0.15, -0.1) is 0 Å². The zero-order valence-corrected chi connectivity index (χ0v) is 12.2. The molecule has 3 N–H and O–H groups in total. The molecule has 6 nitrogen and oxygen atoms in total. The van der Waals surface area contributed by atoms with E-state index < -0.39 is 4.92 Å². The zero-order chi connectivity index (χ0) is 15.3. The van der Waals surface area contributed by atoms with Crippen LogP contribution in [0.1, 0.15) is 20.3 Å². The third kappa shape index (κ3) is 4.47. The van der Waals surface area contributed by atoms with Gasteiger partial charge in [0.1, 0.15) is 5.69 Å². The van der Waals surface area contributed by atoms with Crippen molar-refractivity contribution >= 4 is 28.9 Å². The second-order valence-corrected chi connectivity index (χ2v) is 5.41. The maximum Gasteiger partial charge on any atom is 0.294 e. The summed E-state index contributed by atoms with van der Waals surface area (Å²) >= 11 is 5.72. The number of hydrogen-bond acceptors (Lipinski definition) is 4. The summed E-state index contributed by atoms with van der Waals surface area (Å²) in [5.74, 6) is -0.369. The summed E-state index contributed by atoms with van der Waals surface area (Å²) in [5, 5.41) is 13.7. The van der Waals surface area contributed by atoms with Gasteiger partial charge in [0, 0.05) is 17.6 Å². The highest BCUT2D eigenvalue weighted by Gasteiger charge is 2.22. The first-order chi connectivity index (χ1) is 9.35. The van der Waals surface area contributed by atoms with Crippen molar-refractivity contribution in [3.63, 3.8) is 0 Å². The molecule has 110 valence electrons. The molecule has 0 fully saturated rings. The fourth-order valence-electron chi connectivity index (χ4n) is 1.88. The lowest BCUT2D eigenvalue weighted by Gasteiger charge is -2.16. The normalized spacial score (nSPS) is 12.2. The third-order valence-corrected chi connectivity index (χ3v) is 3.06. The van der Waals surface area contributed by atoms with Gasteiger partial charge < -0.3 is 11.1 Å². The molecular weight excluding hydrogens is 282 g/mol. The number of halogens is 1. The molecule has 0 aliphatic heterocycles. The Morgan fingerprint density at radius 1 is 1.50 bits per heavy atom. The smallest absolute Gasteiger partial charge is 0.294 e. The quantitative estimate of drug-likeness (QED) is 0.623. The summed E-state index contributed by atoms with van der Waals surface area (Å²) < 4.78 is 0. The Morgan fingerprint density at radius 3 is 2.65 bits per heavy atom. The van der Waals surface area contributed by atoms with Crippen LogP contribution in [0.15, 0.2) is 18.2 Å². The van der Waals surface area contributed by atoms with Crippen molar-refractivity contribution < 1.29 is 9.72 Å². The van der Waals surface area contributed by atoms with Gasteiger partial charge in [0.2, 0.25) is 5.91 Å². The summed E-state index contributed by atoms with van der Waals surface area (Å²) in [5.41, 5.74) is 5.48. The number of nitro benzene ring substituents is 1. The number of nitrogens with two attached hydrogens (primary N) is 1. The number of anilines is 1. The van der Waals surface area contributed by atoms with Crippen LogP contribution in [0.3, 0.4) is 0 Å². The van der Waals surface area contributed by atoms with Crippen molar-refractivity contribution in [2.24, 2.45) is 17.6 Å². The molecule has 0 spiro atoms. The van der Waals surface area contributed by atoms with Crippen molar-refractivity contribution in [2.75, 3.05) is 11.9 Å². The minimum atomic E-state index is -0.582. The van der Waals surface area contributed by atoms with E-state index in [0.29, 0.717) is 12.3 Å². The maximum atomic E-state index is 12.1. The molecule has 0 aliphatic carbocycles. The van der Waals surface area contributed by atoms with Crippen molar-refractivity contribution in [1.29, 1.82) is 0 Å². The Bertz CT molecular complexity index is 506. The van der Waals surface area contributed by atoms with E-state index in [0.717, 1.165) is 0 Å². The van der Waals surface area contributed by atoms with Crippen LogP contribution in [0, 0.1) is 22.0 Å². The average Bonchev–Trinajstić information content (AvgIpc) is 2.37. The predicted octanol–water partition coefficient (Wildman–Crippen LogP) is 2.81. The minimum Gasteiger partial charge on any atom is -0.330 e. The largest absolute Gasteiger partial charge is 0.330 e. The second kappa shape index (κ2) is 7.21. The molecule has 1 rings (SSSR count). The molecule has 0 bridgehead atoms. The highest BCUT2D eigenvalue weighted by Crippen LogP contribution is 2.28. The average molecular weight is 300 g/mol. The number of benzene rings is 1. The topological polar surface area (TPSA) is 98.3 Å². The van der Waals surface area contributed by atoms with Crippen molar-refractivity contribution in [3.8, 4) is 0 Å². The predicted molar refractivity (Wildman–Crippen MR) is 78.7 cm³/mol. The van der Waals surface area contributed by atoms with Gasteiger partial charge in [-0.05, 0) is 24.5 Å². The lowest BCUT2D eigenvalue weighted by atomic mass is 9.96. The fourth-order valence-corrected chi connectivity index (χ4v) is 2.04. The molecule has 0 saturated heterocycles. The van der Waals surface area contributed by atoms with Crippen LogP contribution in [-0.4, -0.2) is 17.4 Å². The number of nitrogens with one attached hydrogen (secondary N) is 1. The van der Waals surface area contributed by atoms with Gasteiger partial charge in [-0.1, -0.05) is 25.4 Å². The molecule has 0 aliphatic rings. The van der Waals surface area contributed by atoms with Gasteiger partial charge in [-0.3, -0.25) is 14.9 Å². The van der Waals surface area contributed by atoms with Gasteiger partial charge >= 0.3 is 0 Å². The number of nitro groups is 1. The minimum absolute atomic E-state index is 0.131. The highest BCUT2D eigenvalue weighted by atomic mass is 35.5. The summed E-state index contributed by atoms with van der Waals surface area (Å²) in [6, 6.07) is 4.11. The number of nitrogens with zero attached hydrogens (tertiary/aromatic N) is 1. The second-order valence-electron chi connectivity index (χ2n) is 4.97. The molecule has 1 aromatic carbocycles. The van der Waals surface area contributed by atoms with Gasteiger partial charge in [-0.25, -0.2) is 0 Å². The van der Waals surface area contributed by atoms with Crippen LogP contribution in [0.5, 0.6) is 0 Å². The molecule has 0 heterocycles. The van der Waals surface area contributed by atoms with E-state index >= 15 is 0 Å². The summed E-state index contributed by atoms with van der Waals surface area (Å²) in [6.07, 6.45) is 0.629. The van der Waals surface area contributed by atoms with E-state index in [1.54, 1.807) is 0 Å². The number of carbonyl (C=O) groups excluding carboxylic acids is 1.